The van der Waals surface area contributed by atoms with Crippen LogP contribution in [0.2, 0.25) is 0 Å². The Morgan fingerprint density at radius 2 is 1.56 bits per heavy atom. The molecule has 4 aromatic rings. The predicted octanol–water partition coefficient (Wildman–Crippen LogP) is 4.26. The lowest BCUT2D eigenvalue weighted by Crippen LogP contribution is -2.42. The van der Waals surface area contributed by atoms with E-state index < -0.39 is 0 Å². The lowest BCUT2D eigenvalue weighted by molar-refractivity contribution is -0.116. The van der Waals surface area contributed by atoms with Crippen molar-refractivity contribution in [3.05, 3.63) is 108 Å². The number of aromatic nitrogens is 1. The molecule has 34 heavy (non-hydrogen) atoms. The van der Waals surface area contributed by atoms with Crippen LogP contribution in [0.15, 0.2) is 97.3 Å². The fourth-order valence-electron chi connectivity index (χ4n) is 3.95. The van der Waals surface area contributed by atoms with Crippen LogP contribution in [0, 0.1) is 0 Å². The number of amides is 3. The summed E-state index contributed by atoms with van der Waals surface area (Å²) in [5.41, 5.74) is 4.24. The van der Waals surface area contributed by atoms with Crippen LogP contribution >= 0.6 is 0 Å². The molecule has 168 valence electrons. The smallest absolute Gasteiger partial charge is 0.258 e. The van der Waals surface area contributed by atoms with Crippen molar-refractivity contribution in [2.24, 2.45) is 0 Å². The second kappa shape index (κ2) is 9.07. The van der Waals surface area contributed by atoms with Gasteiger partial charge >= 0.3 is 0 Å². The van der Waals surface area contributed by atoms with E-state index in [1.807, 2.05) is 59.4 Å². The zero-order valence-corrected chi connectivity index (χ0v) is 18.3. The fraction of sp³-hybridized carbons (Fsp3) is 0.0741. The van der Waals surface area contributed by atoms with Crippen molar-refractivity contribution >= 4 is 34.8 Å². The monoisotopic (exact) mass is 450 g/mol. The number of carbonyl (C=O) groups excluding carboxylic acids is 3. The van der Waals surface area contributed by atoms with E-state index in [1.54, 1.807) is 42.5 Å². The van der Waals surface area contributed by atoms with Gasteiger partial charge in [-0.1, -0.05) is 24.3 Å². The van der Waals surface area contributed by atoms with E-state index in [-0.39, 0.29) is 30.7 Å². The summed E-state index contributed by atoms with van der Waals surface area (Å²) in [5, 5.41) is 5.64. The maximum Gasteiger partial charge on any atom is 0.258 e. The van der Waals surface area contributed by atoms with Crippen molar-refractivity contribution < 1.29 is 14.4 Å². The maximum absolute atomic E-state index is 13.1. The lowest BCUT2D eigenvalue weighted by atomic mass is 10.1. The van der Waals surface area contributed by atoms with E-state index in [4.69, 9.17) is 0 Å². The van der Waals surface area contributed by atoms with Gasteiger partial charge in [0.1, 0.15) is 6.54 Å². The molecule has 0 saturated heterocycles. The van der Waals surface area contributed by atoms with Gasteiger partial charge in [0.25, 0.3) is 5.91 Å². The van der Waals surface area contributed by atoms with E-state index in [2.05, 4.69) is 10.6 Å². The van der Waals surface area contributed by atoms with Crippen LogP contribution in [0.4, 0.5) is 17.1 Å². The van der Waals surface area contributed by atoms with E-state index in [0.29, 0.717) is 22.6 Å². The number of anilines is 3. The highest BCUT2D eigenvalue weighted by Crippen LogP contribution is 2.30. The molecule has 0 fully saturated rings. The molecule has 1 aromatic heterocycles. The van der Waals surface area contributed by atoms with Crippen LogP contribution in [0.5, 0.6) is 0 Å². The average Bonchev–Trinajstić information content (AvgIpc) is 3.39. The topological polar surface area (TPSA) is 83.4 Å². The molecule has 0 bridgehead atoms. The van der Waals surface area contributed by atoms with Crippen LogP contribution in [-0.4, -0.2) is 28.8 Å². The molecule has 1 aliphatic heterocycles. The molecule has 0 aliphatic carbocycles. The second-order valence-electron chi connectivity index (χ2n) is 8.02. The van der Waals surface area contributed by atoms with Gasteiger partial charge in [0, 0.05) is 29.3 Å². The Kier molecular flexibility index (Phi) is 5.66. The van der Waals surface area contributed by atoms with E-state index in [0.717, 1.165) is 11.3 Å². The van der Waals surface area contributed by atoms with Gasteiger partial charge in [-0.15, -0.1) is 0 Å². The fourth-order valence-corrected chi connectivity index (χ4v) is 3.95. The Morgan fingerprint density at radius 1 is 0.853 bits per heavy atom. The highest BCUT2D eigenvalue weighted by atomic mass is 16.2. The first-order valence-electron chi connectivity index (χ1n) is 10.9. The van der Waals surface area contributed by atoms with Crippen LogP contribution < -0.4 is 15.5 Å². The van der Waals surface area contributed by atoms with Gasteiger partial charge < -0.3 is 15.2 Å². The molecule has 5 rings (SSSR count). The molecule has 7 nitrogen and oxygen atoms in total. The summed E-state index contributed by atoms with van der Waals surface area (Å²) in [4.78, 5) is 39.0. The van der Waals surface area contributed by atoms with Crippen LogP contribution in [0.25, 0.3) is 5.69 Å². The highest BCUT2D eigenvalue weighted by Gasteiger charge is 2.27. The maximum atomic E-state index is 13.1. The normalized spacial score (nSPS) is 12.6. The first-order chi connectivity index (χ1) is 16.6. The summed E-state index contributed by atoms with van der Waals surface area (Å²) in [6, 6.07) is 25.6. The zero-order valence-electron chi connectivity index (χ0n) is 18.3. The van der Waals surface area contributed by atoms with Crippen molar-refractivity contribution in [3.63, 3.8) is 0 Å². The SMILES string of the molecule is O=C(Cc1ccc(-n2cccc2)cc1)Nc1ccc(C(=O)N2CC(=O)Nc3ccccc32)cc1. The molecule has 7 heteroatoms. The summed E-state index contributed by atoms with van der Waals surface area (Å²) < 4.78 is 2.00. The van der Waals surface area contributed by atoms with Crippen molar-refractivity contribution in [2.75, 3.05) is 22.1 Å². The molecule has 0 unspecified atom stereocenters. The van der Waals surface area contributed by atoms with Crippen LogP contribution in [-0.2, 0) is 16.0 Å². The minimum Gasteiger partial charge on any atom is -0.326 e. The molecule has 3 aromatic carbocycles. The standard InChI is InChI=1S/C27H22N4O3/c32-25(17-19-7-13-22(14-8-19)30-15-3-4-16-30)28-21-11-9-20(10-12-21)27(34)31-18-26(33)29-23-5-1-2-6-24(23)31/h1-16H,17-18H2,(H,28,32)(H,29,33). The number of rotatable bonds is 5. The number of nitrogens with one attached hydrogen (secondary N) is 2. The number of hydrogen-bond acceptors (Lipinski definition) is 3. The van der Waals surface area contributed by atoms with Crippen molar-refractivity contribution in [2.45, 2.75) is 6.42 Å². The van der Waals surface area contributed by atoms with Gasteiger partial charge in [0.2, 0.25) is 11.8 Å². The van der Waals surface area contributed by atoms with Gasteiger partial charge in [-0.05, 0) is 66.2 Å². The molecule has 1 aliphatic rings. The van der Waals surface area contributed by atoms with Gasteiger partial charge in [-0.25, -0.2) is 0 Å². The minimum absolute atomic E-state index is 0.0442. The van der Waals surface area contributed by atoms with Gasteiger partial charge in [-0.2, -0.15) is 0 Å². The largest absolute Gasteiger partial charge is 0.326 e. The molecular formula is C27H22N4O3. The van der Waals surface area contributed by atoms with Gasteiger partial charge in [0.05, 0.1) is 17.8 Å². The van der Waals surface area contributed by atoms with E-state index >= 15 is 0 Å². The third kappa shape index (κ3) is 4.45. The molecule has 0 atom stereocenters. The Labute approximate surface area is 196 Å². The summed E-state index contributed by atoms with van der Waals surface area (Å²) in [7, 11) is 0. The molecular weight excluding hydrogens is 428 g/mol. The molecule has 3 amide bonds. The molecule has 0 spiro atoms. The molecule has 0 saturated carbocycles. The van der Waals surface area contributed by atoms with E-state index in [1.165, 1.54) is 4.90 Å². The number of nitrogens with zero attached hydrogens (tertiary/aromatic N) is 2. The lowest BCUT2D eigenvalue weighted by Gasteiger charge is -2.29. The predicted molar refractivity (Wildman–Crippen MR) is 131 cm³/mol. The van der Waals surface area contributed by atoms with Crippen molar-refractivity contribution in [1.82, 2.24) is 4.57 Å². The summed E-state index contributed by atoms with van der Waals surface area (Å²) in [6.07, 6.45) is 4.18. The highest BCUT2D eigenvalue weighted by molar-refractivity contribution is 6.15. The average molecular weight is 450 g/mol. The summed E-state index contributed by atoms with van der Waals surface area (Å²) in [6.45, 7) is -0.0442. The molecule has 2 heterocycles. The van der Waals surface area contributed by atoms with Gasteiger partial charge in [0.15, 0.2) is 0 Å². The van der Waals surface area contributed by atoms with E-state index in [9.17, 15) is 14.4 Å². The first kappa shape index (κ1) is 21.2. The third-order valence-corrected chi connectivity index (χ3v) is 5.64. The van der Waals surface area contributed by atoms with Crippen molar-refractivity contribution in [3.8, 4) is 5.69 Å². The number of carbonyl (C=O) groups is 3. The molecule has 0 radical (unpaired) electrons. The Hall–Kier alpha value is -4.65. The molecule has 2 N–H and O–H groups in total. The number of para-hydroxylation sites is 2. The number of fused-ring (bicyclic) bond motifs is 1. The quantitative estimate of drug-likeness (QED) is 0.477. The third-order valence-electron chi connectivity index (χ3n) is 5.64. The number of benzene rings is 3. The summed E-state index contributed by atoms with van der Waals surface area (Å²) in [5.74, 6) is -0.658. The van der Waals surface area contributed by atoms with Crippen molar-refractivity contribution in [1.29, 1.82) is 0 Å². The van der Waals surface area contributed by atoms with Crippen LogP contribution in [0.3, 0.4) is 0 Å². The zero-order chi connectivity index (χ0) is 23.5. The minimum atomic E-state index is -0.275. The Balaban J connectivity index is 1.23. The van der Waals surface area contributed by atoms with Crippen LogP contribution in [0.1, 0.15) is 15.9 Å². The number of hydrogen-bond donors (Lipinski definition) is 2. The second-order valence-corrected chi connectivity index (χ2v) is 8.02. The summed E-state index contributed by atoms with van der Waals surface area (Å²) >= 11 is 0. The first-order valence-corrected chi connectivity index (χ1v) is 10.9. The Morgan fingerprint density at radius 3 is 2.29 bits per heavy atom. The van der Waals surface area contributed by atoms with Gasteiger partial charge in [-0.3, -0.25) is 19.3 Å². The Bertz CT molecular complexity index is 1340.